The van der Waals surface area contributed by atoms with Crippen molar-refractivity contribution in [2.24, 2.45) is 0 Å². The van der Waals surface area contributed by atoms with E-state index in [2.05, 4.69) is 10.6 Å². The number of halogens is 2. The van der Waals surface area contributed by atoms with Crippen LogP contribution in [-0.2, 0) is 4.79 Å². The van der Waals surface area contributed by atoms with E-state index in [1.807, 2.05) is 13.8 Å². The van der Waals surface area contributed by atoms with E-state index < -0.39 is 0 Å². The van der Waals surface area contributed by atoms with Crippen LogP contribution in [0, 0.1) is 19.7 Å². The topological polar surface area (TPSA) is 41.1 Å². The van der Waals surface area contributed by atoms with Crippen molar-refractivity contribution < 1.29 is 9.18 Å². The molecule has 21 heavy (non-hydrogen) atoms. The molecule has 0 fully saturated rings. The number of amides is 1. The van der Waals surface area contributed by atoms with Gasteiger partial charge in [0.25, 0.3) is 0 Å². The minimum absolute atomic E-state index is 0.0518. The minimum atomic E-state index is -0.339. The first-order valence-corrected chi connectivity index (χ1v) is 6.90. The predicted molar refractivity (Wildman–Crippen MR) is 84.4 cm³/mol. The van der Waals surface area contributed by atoms with Crippen molar-refractivity contribution in [2.75, 3.05) is 17.2 Å². The lowest BCUT2D eigenvalue weighted by Gasteiger charge is -2.12. The molecule has 2 aromatic rings. The van der Waals surface area contributed by atoms with Gasteiger partial charge in [0.2, 0.25) is 5.91 Å². The Morgan fingerprint density at radius 3 is 2.71 bits per heavy atom. The Morgan fingerprint density at radius 2 is 1.95 bits per heavy atom. The van der Waals surface area contributed by atoms with Gasteiger partial charge in [-0.05, 0) is 49.2 Å². The summed E-state index contributed by atoms with van der Waals surface area (Å²) in [5.41, 5.74) is 2.97. The number of benzene rings is 2. The summed E-state index contributed by atoms with van der Waals surface area (Å²) in [6.45, 7) is 3.74. The number of carbonyl (C=O) groups excluding carboxylic acids is 1. The lowest BCUT2D eigenvalue weighted by Crippen LogP contribution is -2.22. The quantitative estimate of drug-likeness (QED) is 0.891. The summed E-state index contributed by atoms with van der Waals surface area (Å²) in [7, 11) is 0. The van der Waals surface area contributed by atoms with Crippen molar-refractivity contribution in [3.63, 3.8) is 0 Å². The van der Waals surface area contributed by atoms with E-state index in [9.17, 15) is 9.18 Å². The standard InChI is InChI=1S/C16H16ClFN2O/c1-10-6-7-12(18)8-15(10)19-9-16(21)20-14-5-3-4-13(17)11(14)2/h3-8,19H,9H2,1-2H3,(H,20,21). The third-order valence-corrected chi connectivity index (χ3v) is 3.59. The summed E-state index contributed by atoms with van der Waals surface area (Å²) in [4.78, 5) is 11.9. The maximum absolute atomic E-state index is 13.2. The summed E-state index contributed by atoms with van der Waals surface area (Å²) in [5, 5.41) is 6.30. The van der Waals surface area contributed by atoms with Gasteiger partial charge >= 0.3 is 0 Å². The highest BCUT2D eigenvalue weighted by molar-refractivity contribution is 6.31. The molecule has 1 amide bonds. The van der Waals surface area contributed by atoms with E-state index in [0.29, 0.717) is 16.4 Å². The van der Waals surface area contributed by atoms with Crippen LogP contribution in [0.2, 0.25) is 5.02 Å². The number of aryl methyl sites for hydroxylation is 1. The fourth-order valence-corrected chi connectivity index (χ4v) is 2.07. The maximum atomic E-state index is 13.2. The molecule has 0 bridgehead atoms. The summed E-state index contributed by atoms with van der Waals surface area (Å²) in [6, 6.07) is 9.74. The fraction of sp³-hybridized carbons (Fsp3) is 0.188. The van der Waals surface area contributed by atoms with Crippen LogP contribution in [0.5, 0.6) is 0 Å². The normalized spacial score (nSPS) is 10.3. The second-order valence-corrected chi connectivity index (χ2v) is 5.18. The molecule has 0 atom stereocenters. The largest absolute Gasteiger partial charge is 0.376 e. The molecule has 0 spiro atoms. The van der Waals surface area contributed by atoms with E-state index in [-0.39, 0.29) is 18.3 Å². The van der Waals surface area contributed by atoms with Crippen molar-refractivity contribution in [1.82, 2.24) is 0 Å². The smallest absolute Gasteiger partial charge is 0.243 e. The van der Waals surface area contributed by atoms with Crippen LogP contribution in [0.1, 0.15) is 11.1 Å². The lowest BCUT2D eigenvalue weighted by atomic mass is 10.2. The Bertz CT molecular complexity index is 673. The van der Waals surface area contributed by atoms with Crippen molar-refractivity contribution >= 4 is 28.9 Å². The fourth-order valence-electron chi connectivity index (χ4n) is 1.90. The van der Waals surface area contributed by atoms with Gasteiger partial charge in [0.1, 0.15) is 5.82 Å². The van der Waals surface area contributed by atoms with Crippen LogP contribution in [0.4, 0.5) is 15.8 Å². The molecule has 0 aliphatic rings. The van der Waals surface area contributed by atoms with Crippen molar-refractivity contribution in [1.29, 1.82) is 0 Å². The maximum Gasteiger partial charge on any atom is 0.243 e. The lowest BCUT2D eigenvalue weighted by molar-refractivity contribution is -0.114. The third-order valence-electron chi connectivity index (χ3n) is 3.18. The second kappa shape index (κ2) is 6.59. The highest BCUT2D eigenvalue weighted by atomic mass is 35.5. The van der Waals surface area contributed by atoms with Crippen molar-refractivity contribution in [2.45, 2.75) is 13.8 Å². The molecule has 0 saturated heterocycles. The molecule has 3 nitrogen and oxygen atoms in total. The number of hydrogen-bond donors (Lipinski definition) is 2. The first-order chi connectivity index (χ1) is 9.97. The SMILES string of the molecule is Cc1ccc(F)cc1NCC(=O)Nc1cccc(Cl)c1C. The molecule has 2 N–H and O–H groups in total. The van der Waals surface area contributed by atoms with Crippen molar-refractivity contribution in [3.05, 3.63) is 58.4 Å². The van der Waals surface area contributed by atoms with E-state index in [1.165, 1.54) is 12.1 Å². The number of nitrogens with one attached hydrogen (secondary N) is 2. The molecule has 5 heteroatoms. The number of hydrogen-bond acceptors (Lipinski definition) is 2. The molecule has 0 unspecified atom stereocenters. The van der Waals surface area contributed by atoms with Gasteiger partial charge in [-0.1, -0.05) is 23.7 Å². The monoisotopic (exact) mass is 306 g/mol. The van der Waals surface area contributed by atoms with Crippen LogP contribution in [0.15, 0.2) is 36.4 Å². The van der Waals surface area contributed by atoms with E-state index >= 15 is 0 Å². The van der Waals surface area contributed by atoms with Gasteiger partial charge in [-0.25, -0.2) is 4.39 Å². The van der Waals surface area contributed by atoms with E-state index in [1.54, 1.807) is 24.3 Å². The first-order valence-electron chi connectivity index (χ1n) is 6.52. The molecule has 0 aliphatic heterocycles. The zero-order valence-corrected chi connectivity index (χ0v) is 12.6. The molecule has 0 radical (unpaired) electrons. The van der Waals surface area contributed by atoms with Crippen LogP contribution < -0.4 is 10.6 Å². The molecular weight excluding hydrogens is 291 g/mol. The summed E-state index contributed by atoms with van der Waals surface area (Å²) >= 11 is 6.00. The number of carbonyl (C=O) groups is 1. The molecule has 0 aliphatic carbocycles. The minimum Gasteiger partial charge on any atom is -0.376 e. The van der Waals surface area contributed by atoms with Crippen LogP contribution in [-0.4, -0.2) is 12.5 Å². The highest BCUT2D eigenvalue weighted by Crippen LogP contribution is 2.23. The molecular formula is C16H16ClFN2O. The Morgan fingerprint density at radius 1 is 1.19 bits per heavy atom. The molecule has 0 heterocycles. The van der Waals surface area contributed by atoms with Gasteiger partial charge in [0.15, 0.2) is 0 Å². The molecule has 2 rings (SSSR count). The van der Waals surface area contributed by atoms with Crippen LogP contribution in [0.25, 0.3) is 0 Å². The molecule has 110 valence electrons. The molecule has 0 aromatic heterocycles. The van der Waals surface area contributed by atoms with Gasteiger partial charge in [-0.2, -0.15) is 0 Å². The highest BCUT2D eigenvalue weighted by Gasteiger charge is 2.07. The predicted octanol–water partition coefficient (Wildman–Crippen LogP) is 4.15. The summed E-state index contributed by atoms with van der Waals surface area (Å²) in [5.74, 6) is -0.557. The number of anilines is 2. The average Bonchev–Trinajstić information content (AvgIpc) is 2.45. The van der Waals surface area contributed by atoms with Gasteiger partial charge in [0.05, 0.1) is 6.54 Å². The average molecular weight is 307 g/mol. The Balaban J connectivity index is 1.99. The van der Waals surface area contributed by atoms with E-state index in [0.717, 1.165) is 11.1 Å². The third kappa shape index (κ3) is 3.95. The zero-order chi connectivity index (χ0) is 15.4. The summed E-state index contributed by atoms with van der Waals surface area (Å²) in [6.07, 6.45) is 0. The number of rotatable bonds is 4. The van der Waals surface area contributed by atoms with Gasteiger partial charge < -0.3 is 10.6 Å². The Kier molecular flexibility index (Phi) is 4.81. The Labute approximate surface area is 128 Å². The van der Waals surface area contributed by atoms with Crippen LogP contribution >= 0.6 is 11.6 Å². The van der Waals surface area contributed by atoms with Gasteiger partial charge in [-0.15, -0.1) is 0 Å². The summed E-state index contributed by atoms with van der Waals surface area (Å²) < 4.78 is 13.2. The zero-order valence-electron chi connectivity index (χ0n) is 11.8. The van der Waals surface area contributed by atoms with E-state index in [4.69, 9.17) is 11.6 Å². The Hall–Kier alpha value is -2.07. The van der Waals surface area contributed by atoms with Gasteiger partial charge in [-0.3, -0.25) is 4.79 Å². The first kappa shape index (κ1) is 15.3. The van der Waals surface area contributed by atoms with Crippen molar-refractivity contribution in [3.8, 4) is 0 Å². The van der Waals surface area contributed by atoms with Crippen LogP contribution in [0.3, 0.4) is 0 Å². The molecule has 0 saturated carbocycles. The molecule has 2 aromatic carbocycles. The second-order valence-electron chi connectivity index (χ2n) is 4.77. The van der Waals surface area contributed by atoms with Gasteiger partial charge in [0, 0.05) is 16.4 Å².